The van der Waals surface area contributed by atoms with Gasteiger partial charge in [0.25, 0.3) is 0 Å². The van der Waals surface area contributed by atoms with Gasteiger partial charge < -0.3 is 16.0 Å². The Balaban J connectivity index is 3.45. The van der Waals surface area contributed by atoms with Gasteiger partial charge in [-0.25, -0.2) is 0 Å². The third-order valence-corrected chi connectivity index (χ3v) is 2.35. The summed E-state index contributed by atoms with van der Waals surface area (Å²) >= 11 is 0. The van der Waals surface area contributed by atoms with E-state index in [2.05, 4.69) is 24.1 Å². The van der Waals surface area contributed by atoms with Crippen LogP contribution in [0, 0.1) is 0 Å². The van der Waals surface area contributed by atoms with E-state index in [1.165, 1.54) is 0 Å². The van der Waals surface area contributed by atoms with Gasteiger partial charge in [-0.1, -0.05) is 13.8 Å². The van der Waals surface area contributed by atoms with Gasteiger partial charge in [-0.15, -0.1) is 0 Å². The van der Waals surface area contributed by atoms with Crippen LogP contribution >= 0.6 is 0 Å². The van der Waals surface area contributed by atoms with Gasteiger partial charge in [0.05, 0.1) is 0 Å². The molecule has 0 heterocycles. The molecule has 3 N–H and O–H groups in total. The molecular formula is C11H25N3O. The van der Waals surface area contributed by atoms with Crippen LogP contribution in [0.25, 0.3) is 0 Å². The molecule has 0 aromatic carbocycles. The summed E-state index contributed by atoms with van der Waals surface area (Å²) in [5.41, 5.74) is 5.33. The second-order valence-electron chi connectivity index (χ2n) is 3.68. The number of amides is 1. The average molecular weight is 215 g/mol. The molecule has 90 valence electrons. The Morgan fingerprint density at radius 2 is 2.07 bits per heavy atom. The van der Waals surface area contributed by atoms with Crippen LogP contribution in [0.4, 0.5) is 0 Å². The van der Waals surface area contributed by atoms with Crippen molar-refractivity contribution in [2.24, 2.45) is 5.73 Å². The minimum Gasteiger partial charge on any atom is -0.355 e. The zero-order valence-corrected chi connectivity index (χ0v) is 10.1. The molecule has 0 atom stereocenters. The molecule has 0 aliphatic carbocycles. The molecule has 0 aromatic rings. The summed E-state index contributed by atoms with van der Waals surface area (Å²) < 4.78 is 0. The van der Waals surface area contributed by atoms with Gasteiger partial charge in [-0.2, -0.15) is 0 Å². The lowest BCUT2D eigenvalue weighted by Gasteiger charge is -2.19. The second kappa shape index (κ2) is 9.93. The van der Waals surface area contributed by atoms with Gasteiger partial charge in [0, 0.05) is 19.5 Å². The molecule has 0 aromatic heterocycles. The van der Waals surface area contributed by atoms with Crippen molar-refractivity contribution in [3.8, 4) is 0 Å². The number of hydrogen-bond donors (Lipinski definition) is 2. The second-order valence-corrected chi connectivity index (χ2v) is 3.68. The Morgan fingerprint density at radius 3 is 2.60 bits per heavy atom. The van der Waals surface area contributed by atoms with Gasteiger partial charge in [-0.3, -0.25) is 4.79 Å². The van der Waals surface area contributed by atoms with Crippen LogP contribution in [0.1, 0.15) is 33.1 Å². The zero-order valence-electron chi connectivity index (χ0n) is 10.1. The highest BCUT2D eigenvalue weighted by atomic mass is 16.1. The number of likely N-dealkylation sites (N-methyl/N-ethyl adjacent to an activating group) is 1. The van der Waals surface area contributed by atoms with Crippen molar-refractivity contribution >= 4 is 5.91 Å². The van der Waals surface area contributed by atoms with Crippen molar-refractivity contribution in [2.75, 3.05) is 32.7 Å². The molecular weight excluding hydrogens is 190 g/mol. The van der Waals surface area contributed by atoms with E-state index in [4.69, 9.17) is 5.73 Å². The Hall–Kier alpha value is -0.610. The van der Waals surface area contributed by atoms with Crippen LogP contribution in [0.15, 0.2) is 0 Å². The first-order valence-electron chi connectivity index (χ1n) is 5.93. The Kier molecular flexibility index (Phi) is 9.52. The molecule has 1 amide bonds. The molecule has 0 unspecified atom stereocenters. The van der Waals surface area contributed by atoms with Crippen LogP contribution in [0.2, 0.25) is 0 Å². The van der Waals surface area contributed by atoms with Crippen LogP contribution in [-0.4, -0.2) is 43.5 Å². The third kappa shape index (κ3) is 8.39. The van der Waals surface area contributed by atoms with E-state index in [1.807, 2.05) is 0 Å². The van der Waals surface area contributed by atoms with Crippen molar-refractivity contribution in [1.29, 1.82) is 0 Å². The number of carbonyl (C=O) groups is 1. The normalized spacial score (nSPS) is 10.7. The first-order valence-corrected chi connectivity index (χ1v) is 5.93. The van der Waals surface area contributed by atoms with Crippen LogP contribution in [-0.2, 0) is 4.79 Å². The molecule has 0 rings (SSSR count). The van der Waals surface area contributed by atoms with E-state index in [0.29, 0.717) is 13.0 Å². The quantitative estimate of drug-likeness (QED) is 0.591. The Labute approximate surface area is 93.2 Å². The highest BCUT2D eigenvalue weighted by Crippen LogP contribution is 1.90. The highest BCUT2D eigenvalue weighted by molar-refractivity contribution is 5.75. The number of nitrogens with one attached hydrogen (secondary N) is 1. The van der Waals surface area contributed by atoms with E-state index < -0.39 is 0 Å². The van der Waals surface area contributed by atoms with Crippen LogP contribution < -0.4 is 11.1 Å². The average Bonchev–Trinajstić information content (AvgIpc) is 2.25. The van der Waals surface area contributed by atoms with Crippen molar-refractivity contribution < 1.29 is 4.79 Å². The maximum absolute atomic E-state index is 11.2. The predicted molar refractivity (Wildman–Crippen MR) is 63.7 cm³/mol. The minimum atomic E-state index is 0.119. The fourth-order valence-electron chi connectivity index (χ4n) is 1.45. The molecule has 0 radical (unpaired) electrons. The van der Waals surface area contributed by atoms with Crippen LogP contribution in [0.5, 0.6) is 0 Å². The van der Waals surface area contributed by atoms with E-state index in [9.17, 15) is 4.79 Å². The van der Waals surface area contributed by atoms with Gasteiger partial charge >= 0.3 is 0 Å². The molecule has 0 bridgehead atoms. The zero-order chi connectivity index (χ0) is 11.5. The number of carbonyl (C=O) groups excluding carboxylic acids is 1. The SMILES string of the molecule is CCCN(CC)CCNC(=O)CCCN. The smallest absolute Gasteiger partial charge is 0.220 e. The molecule has 4 nitrogen and oxygen atoms in total. The minimum absolute atomic E-state index is 0.119. The summed E-state index contributed by atoms with van der Waals surface area (Å²) in [6, 6.07) is 0. The first kappa shape index (κ1) is 14.4. The van der Waals surface area contributed by atoms with Crippen molar-refractivity contribution in [1.82, 2.24) is 10.2 Å². The van der Waals surface area contributed by atoms with Gasteiger partial charge in [0.15, 0.2) is 0 Å². The number of hydrogen-bond acceptors (Lipinski definition) is 3. The maximum atomic E-state index is 11.2. The monoisotopic (exact) mass is 215 g/mol. The summed E-state index contributed by atoms with van der Waals surface area (Å²) in [6.07, 6.45) is 2.49. The topological polar surface area (TPSA) is 58.4 Å². The summed E-state index contributed by atoms with van der Waals surface area (Å²) in [7, 11) is 0. The Morgan fingerprint density at radius 1 is 1.33 bits per heavy atom. The summed E-state index contributed by atoms with van der Waals surface area (Å²) in [5.74, 6) is 0.119. The fourth-order valence-corrected chi connectivity index (χ4v) is 1.45. The molecule has 4 heteroatoms. The molecule has 0 fully saturated rings. The summed E-state index contributed by atoms with van der Waals surface area (Å²) in [5, 5.41) is 2.90. The van der Waals surface area contributed by atoms with E-state index in [-0.39, 0.29) is 5.91 Å². The third-order valence-electron chi connectivity index (χ3n) is 2.35. The molecule has 0 spiro atoms. The number of rotatable bonds is 9. The van der Waals surface area contributed by atoms with Crippen molar-refractivity contribution in [3.63, 3.8) is 0 Å². The van der Waals surface area contributed by atoms with E-state index >= 15 is 0 Å². The van der Waals surface area contributed by atoms with Crippen molar-refractivity contribution in [3.05, 3.63) is 0 Å². The summed E-state index contributed by atoms with van der Waals surface area (Å²) in [4.78, 5) is 13.6. The first-order chi connectivity index (χ1) is 7.24. The standard InChI is InChI=1S/C11H25N3O/c1-3-9-14(4-2)10-8-13-11(15)6-5-7-12/h3-10,12H2,1-2H3,(H,13,15). The molecule has 15 heavy (non-hydrogen) atoms. The lowest BCUT2D eigenvalue weighted by atomic mass is 10.3. The Bertz CT molecular complexity index is 162. The maximum Gasteiger partial charge on any atom is 0.220 e. The lowest BCUT2D eigenvalue weighted by Crippen LogP contribution is -2.35. The number of nitrogens with zero attached hydrogens (tertiary/aromatic N) is 1. The van der Waals surface area contributed by atoms with Crippen LogP contribution in [0.3, 0.4) is 0 Å². The van der Waals surface area contributed by atoms with E-state index in [0.717, 1.165) is 39.0 Å². The van der Waals surface area contributed by atoms with Gasteiger partial charge in [-0.05, 0) is 32.5 Å². The molecule has 0 saturated heterocycles. The highest BCUT2D eigenvalue weighted by Gasteiger charge is 2.02. The predicted octanol–water partition coefficient (Wildman–Crippen LogP) is 0.573. The molecule has 0 aliphatic rings. The largest absolute Gasteiger partial charge is 0.355 e. The van der Waals surface area contributed by atoms with Gasteiger partial charge in [0.2, 0.25) is 5.91 Å². The lowest BCUT2D eigenvalue weighted by molar-refractivity contribution is -0.121. The van der Waals surface area contributed by atoms with Gasteiger partial charge in [0.1, 0.15) is 0 Å². The molecule has 0 aliphatic heterocycles. The molecule has 0 saturated carbocycles. The fraction of sp³-hybridized carbons (Fsp3) is 0.909. The van der Waals surface area contributed by atoms with Crippen molar-refractivity contribution in [2.45, 2.75) is 33.1 Å². The number of nitrogens with two attached hydrogens (primary N) is 1. The van der Waals surface area contributed by atoms with E-state index in [1.54, 1.807) is 0 Å². The summed E-state index contributed by atoms with van der Waals surface area (Å²) in [6.45, 7) is 8.75.